The van der Waals surface area contributed by atoms with E-state index in [1.54, 1.807) is 12.1 Å². The highest BCUT2D eigenvalue weighted by atomic mass is 16.2. The molecule has 1 aliphatic heterocycles. The van der Waals surface area contributed by atoms with Gasteiger partial charge in [-0.25, -0.2) is 4.98 Å². The second-order valence-corrected chi connectivity index (χ2v) is 5.17. The third kappa shape index (κ3) is 2.74. The summed E-state index contributed by atoms with van der Waals surface area (Å²) in [4.78, 5) is 20.6. The monoisotopic (exact) mass is 258 g/mol. The van der Waals surface area contributed by atoms with Crippen LogP contribution in [0.15, 0.2) is 18.3 Å². The average molecular weight is 258 g/mol. The minimum absolute atomic E-state index is 0.0213. The Hall–Kier alpha value is -1.93. The zero-order valence-corrected chi connectivity index (χ0v) is 11.5. The van der Waals surface area contributed by atoms with E-state index in [1.807, 2.05) is 11.0 Å². The van der Waals surface area contributed by atoms with Gasteiger partial charge in [0.1, 0.15) is 11.8 Å². The molecular formula is C14H18N4O. The average Bonchev–Trinajstić information content (AvgIpc) is 2.37. The first-order chi connectivity index (χ1) is 9.02. The highest BCUT2D eigenvalue weighted by molar-refractivity contribution is 5.94. The Labute approximate surface area is 113 Å². The van der Waals surface area contributed by atoms with Gasteiger partial charge in [-0.15, -0.1) is 0 Å². The van der Waals surface area contributed by atoms with Crippen molar-refractivity contribution in [3.8, 4) is 6.07 Å². The van der Waals surface area contributed by atoms with Crippen molar-refractivity contribution < 1.29 is 4.79 Å². The lowest BCUT2D eigenvalue weighted by molar-refractivity contribution is 0.0350. The lowest BCUT2D eigenvalue weighted by Crippen LogP contribution is -2.57. The molecule has 1 aliphatic rings. The van der Waals surface area contributed by atoms with Crippen LogP contribution in [0.4, 0.5) is 0 Å². The minimum Gasteiger partial charge on any atom is -0.331 e. The summed E-state index contributed by atoms with van der Waals surface area (Å²) in [5.41, 5.74) is 0.815. The zero-order chi connectivity index (χ0) is 14.0. The van der Waals surface area contributed by atoms with Crippen molar-refractivity contribution in [3.63, 3.8) is 0 Å². The molecule has 2 atom stereocenters. The Bertz CT molecular complexity index is 510. The third-order valence-corrected chi connectivity index (χ3v) is 3.46. The van der Waals surface area contributed by atoms with Gasteiger partial charge in [-0.3, -0.25) is 4.79 Å². The van der Waals surface area contributed by atoms with E-state index in [0.717, 1.165) is 13.1 Å². The molecule has 5 heteroatoms. The van der Waals surface area contributed by atoms with Gasteiger partial charge < -0.3 is 9.80 Å². The Morgan fingerprint density at radius 3 is 2.63 bits per heavy atom. The first-order valence-corrected chi connectivity index (χ1v) is 6.40. The van der Waals surface area contributed by atoms with Crippen molar-refractivity contribution in [2.24, 2.45) is 0 Å². The maximum Gasteiger partial charge on any atom is 0.254 e. The van der Waals surface area contributed by atoms with Gasteiger partial charge in [0.05, 0.1) is 0 Å². The Kier molecular flexibility index (Phi) is 3.82. The van der Waals surface area contributed by atoms with Gasteiger partial charge in [-0.1, -0.05) is 0 Å². The van der Waals surface area contributed by atoms with Crippen LogP contribution in [0.1, 0.15) is 29.9 Å². The maximum absolute atomic E-state index is 12.6. The fourth-order valence-electron chi connectivity index (χ4n) is 2.76. The standard InChI is InChI=1S/C14H18N4O/c1-10-8-17(3)9-11(2)18(10)14(19)12-4-5-16-13(6-12)7-15/h4-6,10-11H,8-9H2,1-3H3. The molecule has 0 aliphatic carbocycles. The molecule has 0 aromatic carbocycles. The number of pyridine rings is 1. The van der Waals surface area contributed by atoms with Crippen molar-refractivity contribution in [2.45, 2.75) is 25.9 Å². The smallest absolute Gasteiger partial charge is 0.254 e. The molecular weight excluding hydrogens is 240 g/mol. The fourth-order valence-corrected chi connectivity index (χ4v) is 2.76. The van der Waals surface area contributed by atoms with Crippen molar-refractivity contribution >= 4 is 5.91 Å². The van der Waals surface area contributed by atoms with Crippen LogP contribution < -0.4 is 0 Å². The van der Waals surface area contributed by atoms with E-state index in [0.29, 0.717) is 5.56 Å². The molecule has 0 N–H and O–H groups in total. The molecule has 0 bridgehead atoms. The summed E-state index contributed by atoms with van der Waals surface area (Å²) in [7, 11) is 2.06. The number of nitriles is 1. The van der Waals surface area contributed by atoms with Crippen molar-refractivity contribution in [1.82, 2.24) is 14.8 Å². The van der Waals surface area contributed by atoms with E-state index in [1.165, 1.54) is 6.20 Å². The molecule has 0 radical (unpaired) electrons. The number of carbonyl (C=O) groups excluding carboxylic acids is 1. The molecule has 1 saturated heterocycles. The first kappa shape index (κ1) is 13.5. The van der Waals surface area contributed by atoms with Crippen LogP contribution >= 0.6 is 0 Å². The van der Waals surface area contributed by atoms with Gasteiger partial charge in [0.25, 0.3) is 5.91 Å². The molecule has 1 amide bonds. The van der Waals surface area contributed by atoms with Crippen LogP contribution in [0.5, 0.6) is 0 Å². The van der Waals surface area contributed by atoms with Gasteiger partial charge in [-0.2, -0.15) is 5.26 Å². The Balaban J connectivity index is 2.25. The second kappa shape index (κ2) is 5.37. The zero-order valence-electron chi connectivity index (χ0n) is 11.5. The number of carbonyl (C=O) groups is 1. The summed E-state index contributed by atoms with van der Waals surface area (Å²) >= 11 is 0. The fraction of sp³-hybridized carbons (Fsp3) is 0.500. The number of likely N-dealkylation sites (N-methyl/N-ethyl adjacent to an activating group) is 1. The largest absolute Gasteiger partial charge is 0.331 e. The first-order valence-electron chi connectivity index (χ1n) is 6.40. The van der Waals surface area contributed by atoms with Gasteiger partial charge in [0.15, 0.2) is 0 Å². The summed E-state index contributed by atoms with van der Waals surface area (Å²) < 4.78 is 0. The van der Waals surface area contributed by atoms with Crippen molar-refractivity contribution in [1.29, 1.82) is 5.26 Å². The minimum atomic E-state index is -0.0213. The highest BCUT2D eigenvalue weighted by Gasteiger charge is 2.31. The lowest BCUT2D eigenvalue weighted by Gasteiger charge is -2.43. The topological polar surface area (TPSA) is 60.2 Å². The van der Waals surface area contributed by atoms with E-state index in [9.17, 15) is 4.79 Å². The van der Waals surface area contributed by atoms with Crippen molar-refractivity contribution in [2.75, 3.05) is 20.1 Å². The number of nitrogens with zero attached hydrogens (tertiary/aromatic N) is 4. The van der Waals surface area contributed by atoms with Crippen LogP contribution in [-0.4, -0.2) is 52.9 Å². The molecule has 1 fully saturated rings. The second-order valence-electron chi connectivity index (χ2n) is 5.17. The molecule has 19 heavy (non-hydrogen) atoms. The van der Waals surface area contributed by atoms with E-state index in [-0.39, 0.29) is 23.7 Å². The molecule has 0 saturated carbocycles. The summed E-state index contributed by atoms with van der Waals surface area (Å²) in [5.74, 6) is -0.0213. The van der Waals surface area contributed by atoms with E-state index in [4.69, 9.17) is 5.26 Å². The van der Waals surface area contributed by atoms with Crippen LogP contribution in [0.2, 0.25) is 0 Å². The summed E-state index contributed by atoms with van der Waals surface area (Å²) in [5, 5.41) is 8.85. The van der Waals surface area contributed by atoms with Gasteiger partial charge >= 0.3 is 0 Å². The summed E-state index contributed by atoms with van der Waals surface area (Å²) in [6.07, 6.45) is 1.51. The molecule has 100 valence electrons. The van der Waals surface area contributed by atoms with E-state index >= 15 is 0 Å². The van der Waals surface area contributed by atoms with Gasteiger partial charge in [0, 0.05) is 36.9 Å². The maximum atomic E-state index is 12.6. The predicted molar refractivity (Wildman–Crippen MR) is 71.5 cm³/mol. The summed E-state index contributed by atoms with van der Waals surface area (Å²) in [6.45, 7) is 5.84. The Morgan fingerprint density at radius 1 is 1.42 bits per heavy atom. The third-order valence-electron chi connectivity index (χ3n) is 3.46. The molecule has 1 aromatic rings. The van der Waals surface area contributed by atoms with Gasteiger partial charge in [0.2, 0.25) is 0 Å². The molecule has 2 heterocycles. The number of hydrogen-bond donors (Lipinski definition) is 0. The van der Waals surface area contributed by atoms with E-state index in [2.05, 4.69) is 30.8 Å². The van der Waals surface area contributed by atoms with Crippen LogP contribution in [0.25, 0.3) is 0 Å². The molecule has 2 unspecified atom stereocenters. The van der Waals surface area contributed by atoms with Gasteiger partial charge in [-0.05, 0) is 33.0 Å². The molecule has 5 nitrogen and oxygen atoms in total. The van der Waals surface area contributed by atoms with Crippen LogP contribution in [0, 0.1) is 11.3 Å². The Morgan fingerprint density at radius 2 is 2.05 bits per heavy atom. The number of hydrogen-bond acceptors (Lipinski definition) is 4. The molecule has 1 aromatic heterocycles. The molecule has 0 spiro atoms. The quantitative estimate of drug-likeness (QED) is 0.757. The SMILES string of the molecule is CC1CN(C)CC(C)N1C(=O)c1ccnc(C#N)c1. The number of aromatic nitrogens is 1. The number of rotatable bonds is 1. The van der Waals surface area contributed by atoms with Crippen LogP contribution in [-0.2, 0) is 0 Å². The normalized spacial score (nSPS) is 24.0. The number of piperazine rings is 1. The van der Waals surface area contributed by atoms with Crippen molar-refractivity contribution in [3.05, 3.63) is 29.6 Å². The van der Waals surface area contributed by atoms with Crippen LogP contribution in [0.3, 0.4) is 0 Å². The number of amides is 1. The highest BCUT2D eigenvalue weighted by Crippen LogP contribution is 2.18. The molecule has 2 rings (SSSR count). The van der Waals surface area contributed by atoms with E-state index < -0.39 is 0 Å². The summed E-state index contributed by atoms with van der Waals surface area (Å²) in [6, 6.07) is 5.52. The predicted octanol–water partition coefficient (Wildman–Crippen LogP) is 1.12. The lowest BCUT2D eigenvalue weighted by atomic mass is 10.1.